The van der Waals surface area contributed by atoms with Gasteiger partial charge < -0.3 is 14.2 Å². The van der Waals surface area contributed by atoms with Gasteiger partial charge >= 0.3 is 5.97 Å². The predicted molar refractivity (Wildman–Crippen MR) is 74.3 cm³/mol. The number of benzene rings is 1. The van der Waals surface area contributed by atoms with Crippen LogP contribution < -0.4 is 9.47 Å². The van der Waals surface area contributed by atoms with Gasteiger partial charge in [0, 0.05) is 18.4 Å². The Kier molecular flexibility index (Phi) is 6.03. The van der Waals surface area contributed by atoms with E-state index in [1.807, 2.05) is 6.92 Å². The average Bonchev–Trinajstić information content (AvgIpc) is 2.45. The van der Waals surface area contributed by atoms with E-state index in [-0.39, 0.29) is 30.5 Å². The fourth-order valence-corrected chi connectivity index (χ4v) is 1.88. The van der Waals surface area contributed by atoms with Crippen molar-refractivity contribution in [3.63, 3.8) is 0 Å². The average molecular weight is 280 g/mol. The number of carbonyl (C=O) groups excluding carboxylic acids is 2. The third-order valence-electron chi connectivity index (χ3n) is 2.98. The van der Waals surface area contributed by atoms with Crippen LogP contribution in [0.4, 0.5) is 0 Å². The van der Waals surface area contributed by atoms with Gasteiger partial charge in [0.15, 0.2) is 17.3 Å². The minimum atomic E-state index is -0.308. The normalized spacial score (nSPS) is 11.6. The van der Waals surface area contributed by atoms with Crippen molar-refractivity contribution in [1.29, 1.82) is 0 Å². The van der Waals surface area contributed by atoms with Crippen LogP contribution in [0.15, 0.2) is 18.2 Å². The van der Waals surface area contributed by atoms with Gasteiger partial charge in [-0.2, -0.15) is 0 Å². The fraction of sp³-hybridized carbons (Fsp3) is 0.467. The van der Waals surface area contributed by atoms with Crippen molar-refractivity contribution in [2.75, 3.05) is 21.3 Å². The Balaban J connectivity index is 2.75. The van der Waals surface area contributed by atoms with Gasteiger partial charge in [-0.1, -0.05) is 6.92 Å². The second kappa shape index (κ2) is 7.53. The molecule has 0 aliphatic carbocycles. The molecule has 0 heterocycles. The zero-order valence-corrected chi connectivity index (χ0v) is 12.3. The second-order valence-corrected chi connectivity index (χ2v) is 4.58. The van der Waals surface area contributed by atoms with Crippen molar-refractivity contribution in [1.82, 2.24) is 0 Å². The molecule has 0 bridgehead atoms. The monoisotopic (exact) mass is 280 g/mol. The van der Waals surface area contributed by atoms with E-state index in [4.69, 9.17) is 9.47 Å². The van der Waals surface area contributed by atoms with Crippen LogP contribution in [0.25, 0.3) is 0 Å². The molecule has 0 radical (unpaired) electrons. The molecule has 0 aromatic heterocycles. The van der Waals surface area contributed by atoms with Crippen LogP contribution in [0.1, 0.15) is 30.1 Å². The van der Waals surface area contributed by atoms with E-state index in [2.05, 4.69) is 4.74 Å². The molecule has 5 nitrogen and oxygen atoms in total. The molecule has 0 amide bonds. The number of esters is 1. The van der Waals surface area contributed by atoms with Gasteiger partial charge in [-0.15, -0.1) is 0 Å². The molecule has 5 heteroatoms. The Morgan fingerprint density at radius 2 is 1.70 bits per heavy atom. The summed E-state index contributed by atoms with van der Waals surface area (Å²) >= 11 is 0. The summed E-state index contributed by atoms with van der Waals surface area (Å²) in [5.74, 6) is 0.675. The Labute approximate surface area is 118 Å². The maximum atomic E-state index is 12.1. The summed E-state index contributed by atoms with van der Waals surface area (Å²) in [6, 6.07) is 5.03. The third kappa shape index (κ3) is 4.26. The maximum absolute atomic E-state index is 12.1. The Morgan fingerprint density at radius 1 is 1.05 bits per heavy atom. The number of hydrogen-bond donors (Lipinski definition) is 0. The number of methoxy groups -OCH3 is 3. The number of ketones is 1. The quantitative estimate of drug-likeness (QED) is 0.567. The van der Waals surface area contributed by atoms with Gasteiger partial charge in [0.2, 0.25) is 0 Å². The van der Waals surface area contributed by atoms with E-state index in [9.17, 15) is 9.59 Å². The summed E-state index contributed by atoms with van der Waals surface area (Å²) in [6.45, 7) is 1.84. The van der Waals surface area contributed by atoms with Gasteiger partial charge in [-0.05, 0) is 24.1 Å². The van der Waals surface area contributed by atoms with E-state index >= 15 is 0 Å². The summed E-state index contributed by atoms with van der Waals surface area (Å²) in [5, 5.41) is 0. The highest BCUT2D eigenvalue weighted by Crippen LogP contribution is 2.28. The largest absolute Gasteiger partial charge is 0.493 e. The fourth-order valence-electron chi connectivity index (χ4n) is 1.88. The van der Waals surface area contributed by atoms with Crippen molar-refractivity contribution < 1.29 is 23.8 Å². The number of rotatable bonds is 7. The molecule has 0 fully saturated rings. The molecule has 0 N–H and O–H groups in total. The summed E-state index contributed by atoms with van der Waals surface area (Å²) in [4.78, 5) is 23.3. The zero-order valence-electron chi connectivity index (χ0n) is 12.3. The molecule has 0 aliphatic heterocycles. The zero-order chi connectivity index (χ0) is 15.1. The lowest BCUT2D eigenvalue weighted by Crippen LogP contribution is -2.12. The molecular weight excluding hydrogens is 260 g/mol. The lowest BCUT2D eigenvalue weighted by molar-refractivity contribution is -0.141. The molecule has 1 aromatic carbocycles. The summed E-state index contributed by atoms with van der Waals surface area (Å²) in [7, 11) is 4.40. The van der Waals surface area contributed by atoms with Crippen LogP contribution >= 0.6 is 0 Å². The van der Waals surface area contributed by atoms with Gasteiger partial charge in [0.1, 0.15) is 0 Å². The number of ether oxygens (including phenoxy) is 3. The summed E-state index contributed by atoms with van der Waals surface area (Å²) in [6.07, 6.45) is 0.514. The van der Waals surface area contributed by atoms with Crippen molar-refractivity contribution in [2.45, 2.75) is 19.8 Å². The van der Waals surface area contributed by atoms with Gasteiger partial charge in [-0.25, -0.2) is 0 Å². The van der Waals surface area contributed by atoms with E-state index in [0.29, 0.717) is 17.1 Å². The van der Waals surface area contributed by atoms with Crippen molar-refractivity contribution in [2.24, 2.45) is 5.92 Å². The van der Waals surface area contributed by atoms with Gasteiger partial charge in [-0.3, -0.25) is 9.59 Å². The first-order valence-corrected chi connectivity index (χ1v) is 6.33. The molecule has 0 spiro atoms. The Bertz CT molecular complexity index is 481. The molecule has 0 unspecified atom stereocenters. The molecule has 1 rings (SSSR count). The SMILES string of the molecule is COC(=O)C[C@@H](C)CC(=O)c1ccc(OC)c(OC)c1. The highest BCUT2D eigenvalue weighted by Gasteiger charge is 2.16. The first kappa shape index (κ1) is 16.0. The van der Waals surface area contributed by atoms with Crippen LogP contribution in [-0.4, -0.2) is 33.1 Å². The van der Waals surface area contributed by atoms with Crippen LogP contribution in [0.3, 0.4) is 0 Å². The maximum Gasteiger partial charge on any atom is 0.305 e. The van der Waals surface area contributed by atoms with E-state index in [1.54, 1.807) is 18.2 Å². The predicted octanol–water partition coefficient (Wildman–Crippen LogP) is 2.48. The highest BCUT2D eigenvalue weighted by atomic mass is 16.5. The lowest BCUT2D eigenvalue weighted by Gasteiger charge is -2.11. The van der Waals surface area contributed by atoms with Crippen molar-refractivity contribution in [3.05, 3.63) is 23.8 Å². The van der Waals surface area contributed by atoms with Crippen LogP contribution in [-0.2, 0) is 9.53 Å². The highest BCUT2D eigenvalue weighted by molar-refractivity contribution is 5.97. The van der Waals surface area contributed by atoms with Gasteiger partial charge in [0.05, 0.1) is 21.3 Å². The molecule has 1 aromatic rings. The lowest BCUT2D eigenvalue weighted by atomic mass is 9.97. The van der Waals surface area contributed by atoms with E-state index < -0.39 is 0 Å². The minimum absolute atomic E-state index is 0.0395. The Morgan fingerprint density at radius 3 is 2.25 bits per heavy atom. The van der Waals surface area contributed by atoms with E-state index in [0.717, 1.165) is 0 Å². The first-order valence-electron chi connectivity index (χ1n) is 6.33. The summed E-state index contributed by atoms with van der Waals surface area (Å²) in [5.41, 5.74) is 0.541. The molecule has 0 saturated heterocycles. The third-order valence-corrected chi connectivity index (χ3v) is 2.98. The number of Topliss-reactive ketones (excluding diaryl/α,β-unsaturated/α-hetero) is 1. The van der Waals surface area contributed by atoms with Crippen LogP contribution in [0, 0.1) is 5.92 Å². The molecule has 0 aliphatic rings. The van der Waals surface area contributed by atoms with Crippen LogP contribution in [0.5, 0.6) is 11.5 Å². The number of hydrogen-bond acceptors (Lipinski definition) is 5. The number of carbonyl (C=O) groups is 2. The summed E-state index contributed by atoms with van der Waals surface area (Å²) < 4.78 is 14.9. The second-order valence-electron chi connectivity index (χ2n) is 4.58. The van der Waals surface area contributed by atoms with Crippen molar-refractivity contribution in [3.8, 4) is 11.5 Å². The topological polar surface area (TPSA) is 61.8 Å². The molecule has 0 saturated carbocycles. The molecule has 110 valence electrons. The minimum Gasteiger partial charge on any atom is -0.493 e. The molecule has 20 heavy (non-hydrogen) atoms. The smallest absolute Gasteiger partial charge is 0.305 e. The Hall–Kier alpha value is -2.04. The molecule has 1 atom stereocenters. The first-order chi connectivity index (χ1) is 9.51. The van der Waals surface area contributed by atoms with Crippen LogP contribution in [0.2, 0.25) is 0 Å². The van der Waals surface area contributed by atoms with E-state index in [1.165, 1.54) is 21.3 Å². The standard InChI is InChI=1S/C15H20O5/c1-10(8-15(17)20-4)7-12(16)11-5-6-13(18-2)14(9-11)19-3/h5-6,9-10H,7-8H2,1-4H3/t10-/m0/s1. The van der Waals surface area contributed by atoms with Crippen molar-refractivity contribution >= 4 is 11.8 Å². The molecular formula is C15H20O5. The van der Waals surface area contributed by atoms with Gasteiger partial charge in [0.25, 0.3) is 0 Å².